The predicted octanol–water partition coefficient (Wildman–Crippen LogP) is 2.21. The third kappa shape index (κ3) is 3.42. The van der Waals surface area contributed by atoms with Gasteiger partial charge < -0.3 is 5.32 Å². The van der Waals surface area contributed by atoms with Crippen molar-refractivity contribution in [2.45, 2.75) is 20.4 Å². The molecule has 0 bridgehead atoms. The zero-order chi connectivity index (χ0) is 16.2. The highest BCUT2D eigenvalue weighted by molar-refractivity contribution is 5.94. The Morgan fingerprint density at radius 3 is 2.65 bits per heavy atom. The number of carbonyl (C=O) groups excluding carboxylic acids is 1. The molecule has 0 saturated carbocycles. The van der Waals surface area contributed by atoms with Crippen LogP contribution >= 0.6 is 0 Å². The lowest BCUT2D eigenvalue weighted by Crippen LogP contribution is -2.23. The molecule has 0 atom stereocenters. The summed E-state index contributed by atoms with van der Waals surface area (Å²) in [7, 11) is 0. The molecule has 6 nitrogen and oxygen atoms in total. The van der Waals surface area contributed by atoms with Crippen molar-refractivity contribution >= 4 is 5.91 Å². The van der Waals surface area contributed by atoms with Crippen molar-refractivity contribution in [1.29, 1.82) is 0 Å². The maximum Gasteiger partial charge on any atom is 0.251 e. The SMILES string of the molecule is Cc1ccc(C(=O)NCc2cn(-c3ccncc3)nn2)cc1C. The summed E-state index contributed by atoms with van der Waals surface area (Å²) in [5.41, 5.74) is 4.48. The van der Waals surface area contributed by atoms with E-state index in [9.17, 15) is 4.79 Å². The fraction of sp³-hybridized carbons (Fsp3) is 0.176. The van der Waals surface area contributed by atoms with E-state index in [1.807, 2.05) is 44.2 Å². The molecular weight excluding hydrogens is 290 g/mol. The Bertz CT molecular complexity index is 826. The van der Waals surface area contributed by atoms with Crippen molar-refractivity contribution in [3.63, 3.8) is 0 Å². The van der Waals surface area contributed by atoms with E-state index in [1.165, 1.54) is 5.56 Å². The second-order valence-electron chi connectivity index (χ2n) is 5.34. The van der Waals surface area contributed by atoms with Gasteiger partial charge in [0.05, 0.1) is 18.4 Å². The first-order valence-electron chi connectivity index (χ1n) is 7.30. The molecule has 1 N–H and O–H groups in total. The molecule has 3 rings (SSSR count). The molecule has 2 heterocycles. The topological polar surface area (TPSA) is 72.7 Å². The third-order valence-corrected chi connectivity index (χ3v) is 3.67. The number of amides is 1. The standard InChI is InChI=1S/C17H17N5O/c1-12-3-4-14(9-13(12)2)17(23)19-10-15-11-22(21-20-15)16-5-7-18-8-6-16/h3-9,11H,10H2,1-2H3,(H,19,23). The number of rotatable bonds is 4. The summed E-state index contributed by atoms with van der Waals surface area (Å²) in [4.78, 5) is 16.1. The smallest absolute Gasteiger partial charge is 0.251 e. The zero-order valence-electron chi connectivity index (χ0n) is 13.0. The molecule has 6 heteroatoms. The molecule has 2 aromatic heterocycles. The van der Waals surface area contributed by atoms with Crippen molar-refractivity contribution in [3.8, 4) is 5.69 Å². The van der Waals surface area contributed by atoms with Gasteiger partial charge in [-0.1, -0.05) is 11.3 Å². The van der Waals surface area contributed by atoms with Crippen molar-refractivity contribution < 1.29 is 4.79 Å². The Balaban J connectivity index is 1.65. The molecule has 0 unspecified atom stereocenters. The molecule has 1 aromatic carbocycles. The highest BCUT2D eigenvalue weighted by Crippen LogP contribution is 2.10. The molecule has 0 spiro atoms. The van der Waals surface area contributed by atoms with Crippen LogP contribution in [0.25, 0.3) is 5.69 Å². The van der Waals surface area contributed by atoms with Crippen LogP contribution < -0.4 is 5.32 Å². The van der Waals surface area contributed by atoms with Gasteiger partial charge >= 0.3 is 0 Å². The van der Waals surface area contributed by atoms with Gasteiger partial charge in [0.2, 0.25) is 0 Å². The molecule has 0 aliphatic carbocycles. The van der Waals surface area contributed by atoms with Crippen molar-refractivity contribution in [2.24, 2.45) is 0 Å². The summed E-state index contributed by atoms with van der Waals surface area (Å²) in [6, 6.07) is 9.34. The number of nitrogens with one attached hydrogen (secondary N) is 1. The average molecular weight is 307 g/mol. The second-order valence-corrected chi connectivity index (χ2v) is 5.34. The maximum atomic E-state index is 12.2. The average Bonchev–Trinajstić information content (AvgIpc) is 3.05. The van der Waals surface area contributed by atoms with Crippen LogP contribution in [-0.2, 0) is 6.54 Å². The largest absolute Gasteiger partial charge is 0.346 e. The van der Waals surface area contributed by atoms with Crippen LogP contribution in [0, 0.1) is 13.8 Å². The van der Waals surface area contributed by atoms with Crippen LogP contribution in [0.2, 0.25) is 0 Å². The van der Waals surface area contributed by atoms with Gasteiger partial charge in [0.1, 0.15) is 5.69 Å². The van der Waals surface area contributed by atoms with Crippen LogP contribution in [-0.4, -0.2) is 25.9 Å². The van der Waals surface area contributed by atoms with E-state index >= 15 is 0 Å². The summed E-state index contributed by atoms with van der Waals surface area (Å²) in [5, 5.41) is 11.0. The van der Waals surface area contributed by atoms with Crippen molar-refractivity contribution in [2.75, 3.05) is 0 Å². The Hall–Kier alpha value is -3.02. The van der Waals surface area contributed by atoms with Gasteiger partial charge in [-0.2, -0.15) is 0 Å². The van der Waals surface area contributed by atoms with Gasteiger partial charge in [-0.15, -0.1) is 5.10 Å². The molecule has 23 heavy (non-hydrogen) atoms. The quantitative estimate of drug-likeness (QED) is 0.802. The van der Waals surface area contributed by atoms with Gasteiger partial charge in [-0.3, -0.25) is 9.78 Å². The number of aryl methyl sites for hydroxylation is 2. The zero-order valence-corrected chi connectivity index (χ0v) is 13.0. The predicted molar refractivity (Wildman–Crippen MR) is 86.2 cm³/mol. The van der Waals surface area contributed by atoms with E-state index in [1.54, 1.807) is 23.3 Å². The molecular formula is C17H17N5O. The minimum absolute atomic E-state index is 0.119. The fourth-order valence-electron chi connectivity index (χ4n) is 2.16. The summed E-state index contributed by atoms with van der Waals surface area (Å²) < 4.78 is 1.65. The summed E-state index contributed by atoms with van der Waals surface area (Å²) in [6.07, 6.45) is 5.17. The summed E-state index contributed by atoms with van der Waals surface area (Å²) in [5.74, 6) is -0.119. The number of nitrogens with zero attached hydrogens (tertiary/aromatic N) is 4. The number of carbonyl (C=O) groups is 1. The first kappa shape index (κ1) is 14.9. The molecule has 0 aliphatic heterocycles. The highest BCUT2D eigenvalue weighted by Gasteiger charge is 2.08. The van der Waals surface area contributed by atoms with E-state index in [-0.39, 0.29) is 5.91 Å². The van der Waals surface area contributed by atoms with Gasteiger partial charge in [0, 0.05) is 18.0 Å². The Morgan fingerprint density at radius 2 is 1.91 bits per heavy atom. The van der Waals surface area contributed by atoms with Gasteiger partial charge in [-0.05, 0) is 49.2 Å². The maximum absolute atomic E-state index is 12.2. The fourth-order valence-corrected chi connectivity index (χ4v) is 2.16. The molecule has 1 amide bonds. The van der Waals surface area contributed by atoms with Crippen LogP contribution in [0.1, 0.15) is 27.2 Å². The normalized spacial score (nSPS) is 10.5. The molecule has 0 radical (unpaired) electrons. The first-order valence-corrected chi connectivity index (χ1v) is 7.30. The number of aromatic nitrogens is 4. The second kappa shape index (κ2) is 6.39. The lowest BCUT2D eigenvalue weighted by Gasteiger charge is -2.05. The molecule has 0 saturated heterocycles. The Labute approximate surface area is 134 Å². The molecule has 0 fully saturated rings. The van der Waals surface area contributed by atoms with Crippen molar-refractivity contribution in [1.82, 2.24) is 25.3 Å². The monoisotopic (exact) mass is 307 g/mol. The van der Waals surface area contributed by atoms with Crippen molar-refractivity contribution in [3.05, 3.63) is 71.3 Å². The van der Waals surface area contributed by atoms with Gasteiger partial charge in [-0.25, -0.2) is 4.68 Å². The Morgan fingerprint density at radius 1 is 1.13 bits per heavy atom. The highest BCUT2D eigenvalue weighted by atomic mass is 16.1. The summed E-state index contributed by atoms with van der Waals surface area (Å²) in [6.45, 7) is 4.34. The minimum Gasteiger partial charge on any atom is -0.346 e. The van der Waals surface area contributed by atoms with Gasteiger partial charge in [0.25, 0.3) is 5.91 Å². The van der Waals surface area contributed by atoms with E-state index in [0.717, 1.165) is 11.3 Å². The third-order valence-electron chi connectivity index (χ3n) is 3.67. The Kier molecular flexibility index (Phi) is 4.14. The number of benzene rings is 1. The lowest BCUT2D eigenvalue weighted by atomic mass is 10.1. The minimum atomic E-state index is -0.119. The lowest BCUT2D eigenvalue weighted by molar-refractivity contribution is 0.0950. The van der Waals surface area contributed by atoms with E-state index < -0.39 is 0 Å². The number of pyridine rings is 1. The van der Waals surface area contributed by atoms with Crippen LogP contribution in [0.3, 0.4) is 0 Å². The summed E-state index contributed by atoms with van der Waals surface area (Å²) >= 11 is 0. The number of hydrogen-bond donors (Lipinski definition) is 1. The van der Waals surface area contributed by atoms with Crippen LogP contribution in [0.15, 0.2) is 48.9 Å². The van der Waals surface area contributed by atoms with Gasteiger partial charge in [0.15, 0.2) is 0 Å². The van der Waals surface area contributed by atoms with E-state index in [4.69, 9.17) is 0 Å². The van der Waals surface area contributed by atoms with Crippen LogP contribution in [0.4, 0.5) is 0 Å². The van der Waals surface area contributed by atoms with E-state index in [0.29, 0.717) is 17.8 Å². The number of hydrogen-bond acceptors (Lipinski definition) is 4. The first-order chi connectivity index (χ1) is 11.1. The molecule has 116 valence electrons. The van der Waals surface area contributed by atoms with E-state index in [2.05, 4.69) is 20.6 Å². The van der Waals surface area contributed by atoms with Crippen LogP contribution in [0.5, 0.6) is 0 Å². The molecule has 0 aliphatic rings. The molecule has 3 aromatic rings.